The lowest BCUT2D eigenvalue weighted by Crippen LogP contribution is -2.38. The Labute approximate surface area is 153 Å². The molecule has 3 aromatic rings. The molecule has 0 saturated carbocycles. The second kappa shape index (κ2) is 7.34. The molecule has 0 atom stereocenters. The van der Waals surface area contributed by atoms with Gasteiger partial charge in [-0.05, 0) is 48.1 Å². The van der Waals surface area contributed by atoms with Crippen molar-refractivity contribution in [3.63, 3.8) is 0 Å². The Kier molecular flexibility index (Phi) is 4.76. The van der Waals surface area contributed by atoms with Gasteiger partial charge < -0.3 is 14.6 Å². The molecular formula is C22H24N2O2. The van der Waals surface area contributed by atoms with Crippen molar-refractivity contribution in [2.24, 2.45) is 0 Å². The number of carbonyl (C=O) groups is 1. The Balaban J connectivity index is 1.43. The van der Waals surface area contributed by atoms with Crippen LogP contribution in [0, 0.1) is 0 Å². The number of benzene rings is 2. The van der Waals surface area contributed by atoms with E-state index in [2.05, 4.69) is 35.3 Å². The monoisotopic (exact) mass is 348 g/mol. The van der Waals surface area contributed by atoms with E-state index >= 15 is 0 Å². The van der Waals surface area contributed by atoms with Gasteiger partial charge in [0.2, 0.25) is 0 Å². The number of fused-ring (bicyclic) bond motifs is 1. The first-order valence-corrected chi connectivity index (χ1v) is 9.19. The fraction of sp³-hybridized carbons (Fsp3) is 0.318. The number of aromatic nitrogens is 1. The second-order valence-electron chi connectivity index (χ2n) is 7.01. The van der Waals surface area contributed by atoms with E-state index in [1.165, 1.54) is 16.6 Å². The van der Waals surface area contributed by atoms with E-state index in [0.29, 0.717) is 12.5 Å². The molecule has 134 valence electrons. The van der Waals surface area contributed by atoms with Crippen LogP contribution in [0.15, 0.2) is 54.6 Å². The molecule has 2 heterocycles. The third-order valence-electron chi connectivity index (χ3n) is 5.26. The van der Waals surface area contributed by atoms with Crippen molar-refractivity contribution in [3.8, 4) is 0 Å². The average Bonchev–Trinajstić information content (AvgIpc) is 3.12. The molecule has 1 saturated heterocycles. The van der Waals surface area contributed by atoms with Crippen molar-refractivity contribution < 1.29 is 9.53 Å². The molecule has 1 fully saturated rings. The summed E-state index contributed by atoms with van der Waals surface area (Å²) in [7, 11) is 1.67. The number of amides is 1. The van der Waals surface area contributed by atoms with Crippen molar-refractivity contribution in [1.29, 1.82) is 0 Å². The van der Waals surface area contributed by atoms with Crippen LogP contribution in [0.4, 0.5) is 0 Å². The molecule has 1 aromatic heterocycles. The number of rotatable bonds is 4. The van der Waals surface area contributed by atoms with Crippen LogP contribution in [-0.2, 0) is 11.3 Å². The lowest BCUT2D eigenvalue weighted by molar-refractivity contribution is 0.0712. The van der Waals surface area contributed by atoms with Gasteiger partial charge in [-0.3, -0.25) is 4.79 Å². The third kappa shape index (κ3) is 3.37. The zero-order valence-electron chi connectivity index (χ0n) is 15.1. The van der Waals surface area contributed by atoms with Crippen molar-refractivity contribution in [2.75, 3.05) is 20.2 Å². The highest BCUT2D eigenvalue weighted by Gasteiger charge is 2.25. The molecule has 2 aromatic carbocycles. The number of H-pyrrole nitrogens is 1. The van der Waals surface area contributed by atoms with E-state index in [1.807, 2.05) is 29.2 Å². The van der Waals surface area contributed by atoms with Crippen LogP contribution < -0.4 is 0 Å². The van der Waals surface area contributed by atoms with Crippen molar-refractivity contribution in [3.05, 3.63) is 71.4 Å². The molecule has 0 radical (unpaired) electrons. The zero-order chi connectivity index (χ0) is 17.9. The summed E-state index contributed by atoms with van der Waals surface area (Å²) in [6.07, 6.45) is 1.99. The van der Waals surface area contributed by atoms with Gasteiger partial charge in [0, 0.05) is 42.9 Å². The van der Waals surface area contributed by atoms with E-state index in [-0.39, 0.29) is 5.91 Å². The smallest absolute Gasteiger partial charge is 0.253 e. The highest BCUT2D eigenvalue weighted by atomic mass is 16.5. The lowest BCUT2D eigenvalue weighted by atomic mass is 9.93. The Hall–Kier alpha value is -2.59. The molecule has 26 heavy (non-hydrogen) atoms. The molecule has 1 N–H and O–H groups in total. The minimum atomic E-state index is 0.123. The number of likely N-dealkylation sites (tertiary alicyclic amines) is 1. The lowest BCUT2D eigenvalue weighted by Gasteiger charge is -2.31. The fourth-order valence-electron chi connectivity index (χ4n) is 3.85. The first-order valence-electron chi connectivity index (χ1n) is 9.19. The number of para-hydroxylation sites is 1. The van der Waals surface area contributed by atoms with Gasteiger partial charge in [-0.1, -0.05) is 30.3 Å². The SMILES string of the molecule is COCc1cccc(C(=O)N2CCC(c3cc4ccccc4[nH]3)CC2)c1. The van der Waals surface area contributed by atoms with Gasteiger partial charge in [0.15, 0.2) is 0 Å². The van der Waals surface area contributed by atoms with Crippen LogP contribution in [0.2, 0.25) is 0 Å². The zero-order valence-corrected chi connectivity index (χ0v) is 15.1. The normalized spacial score (nSPS) is 15.5. The largest absolute Gasteiger partial charge is 0.380 e. The molecule has 0 spiro atoms. The van der Waals surface area contributed by atoms with E-state index in [0.717, 1.165) is 37.1 Å². The summed E-state index contributed by atoms with van der Waals surface area (Å²) < 4.78 is 5.17. The molecule has 4 rings (SSSR count). The van der Waals surface area contributed by atoms with Crippen LogP contribution in [0.1, 0.15) is 40.4 Å². The first-order chi connectivity index (χ1) is 12.7. The summed E-state index contributed by atoms with van der Waals surface area (Å²) in [5, 5.41) is 1.26. The standard InChI is InChI=1S/C22H24N2O2/c1-26-15-16-5-4-7-19(13-16)22(25)24-11-9-17(10-12-24)21-14-18-6-2-3-8-20(18)23-21/h2-8,13-14,17,23H,9-12,15H2,1H3. The number of nitrogens with zero attached hydrogens (tertiary/aromatic N) is 1. The summed E-state index contributed by atoms with van der Waals surface area (Å²) in [6.45, 7) is 2.13. The van der Waals surface area contributed by atoms with Gasteiger partial charge in [0.25, 0.3) is 5.91 Å². The minimum absolute atomic E-state index is 0.123. The Morgan fingerprint density at radius 1 is 1.12 bits per heavy atom. The van der Waals surface area contributed by atoms with Crippen molar-refractivity contribution in [2.45, 2.75) is 25.4 Å². The fourth-order valence-corrected chi connectivity index (χ4v) is 3.85. The van der Waals surface area contributed by atoms with Gasteiger partial charge in [-0.15, -0.1) is 0 Å². The highest BCUT2D eigenvalue weighted by Crippen LogP contribution is 2.30. The average molecular weight is 348 g/mol. The number of hydrogen-bond acceptors (Lipinski definition) is 2. The number of hydrogen-bond donors (Lipinski definition) is 1. The Morgan fingerprint density at radius 2 is 1.92 bits per heavy atom. The Bertz CT molecular complexity index is 874. The molecule has 1 aliphatic heterocycles. The summed E-state index contributed by atoms with van der Waals surface area (Å²) >= 11 is 0. The van der Waals surface area contributed by atoms with Crippen molar-refractivity contribution >= 4 is 16.8 Å². The Morgan fingerprint density at radius 3 is 2.69 bits per heavy atom. The molecule has 0 unspecified atom stereocenters. The third-order valence-corrected chi connectivity index (χ3v) is 5.26. The quantitative estimate of drug-likeness (QED) is 0.762. The number of nitrogens with one attached hydrogen (secondary N) is 1. The number of aromatic amines is 1. The number of methoxy groups -OCH3 is 1. The summed E-state index contributed by atoms with van der Waals surface area (Å²) in [5.74, 6) is 0.615. The maximum atomic E-state index is 12.8. The van der Waals surface area contributed by atoms with Gasteiger partial charge in [0.05, 0.1) is 6.61 Å². The summed E-state index contributed by atoms with van der Waals surface area (Å²) in [4.78, 5) is 18.3. The maximum Gasteiger partial charge on any atom is 0.253 e. The van der Waals surface area contributed by atoms with Crippen molar-refractivity contribution in [1.82, 2.24) is 9.88 Å². The predicted molar refractivity (Wildman–Crippen MR) is 103 cm³/mol. The second-order valence-corrected chi connectivity index (χ2v) is 7.01. The van der Waals surface area contributed by atoms with E-state index in [1.54, 1.807) is 7.11 Å². The molecular weight excluding hydrogens is 324 g/mol. The molecule has 1 aliphatic rings. The predicted octanol–water partition coefficient (Wildman–Crippen LogP) is 4.33. The number of ether oxygens (including phenoxy) is 1. The van der Waals surface area contributed by atoms with E-state index < -0.39 is 0 Å². The molecule has 4 nitrogen and oxygen atoms in total. The summed E-state index contributed by atoms with van der Waals surface area (Å²) in [5.41, 5.74) is 4.27. The van der Waals surface area contributed by atoms with Crippen LogP contribution in [-0.4, -0.2) is 36.0 Å². The highest BCUT2D eigenvalue weighted by molar-refractivity contribution is 5.94. The van der Waals surface area contributed by atoms with Crippen LogP contribution in [0.3, 0.4) is 0 Å². The number of piperidine rings is 1. The molecule has 1 amide bonds. The van der Waals surface area contributed by atoms with Crippen LogP contribution in [0.25, 0.3) is 10.9 Å². The topological polar surface area (TPSA) is 45.3 Å². The minimum Gasteiger partial charge on any atom is -0.380 e. The first kappa shape index (κ1) is 16.9. The van der Waals surface area contributed by atoms with Gasteiger partial charge >= 0.3 is 0 Å². The molecule has 0 aliphatic carbocycles. The van der Waals surface area contributed by atoms with Crippen LogP contribution >= 0.6 is 0 Å². The van der Waals surface area contributed by atoms with Crippen LogP contribution in [0.5, 0.6) is 0 Å². The van der Waals surface area contributed by atoms with Gasteiger partial charge in [-0.2, -0.15) is 0 Å². The van der Waals surface area contributed by atoms with Gasteiger partial charge in [0.1, 0.15) is 0 Å². The maximum absolute atomic E-state index is 12.8. The summed E-state index contributed by atoms with van der Waals surface area (Å²) in [6, 6.07) is 18.4. The van der Waals surface area contributed by atoms with E-state index in [4.69, 9.17) is 4.74 Å². The number of carbonyl (C=O) groups excluding carboxylic acids is 1. The molecule has 0 bridgehead atoms. The van der Waals surface area contributed by atoms with Gasteiger partial charge in [-0.25, -0.2) is 0 Å². The van der Waals surface area contributed by atoms with E-state index in [9.17, 15) is 4.79 Å². The molecule has 4 heteroatoms.